The highest BCUT2D eigenvalue weighted by Gasteiger charge is 2.53. The summed E-state index contributed by atoms with van der Waals surface area (Å²) in [4.78, 5) is 42.8. The van der Waals surface area contributed by atoms with Crippen molar-refractivity contribution in [1.29, 1.82) is 0 Å². The molecule has 0 saturated carbocycles. The molecule has 0 N–H and O–H groups in total. The highest BCUT2D eigenvalue weighted by atomic mass is 35.5. The average molecular weight is 646 g/mol. The molecule has 0 spiro atoms. The molecule has 3 heterocycles. The van der Waals surface area contributed by atoms with E-state index < -0.39 is 47.2 Å². The number of rotatable bonds is 7. The van der Waals surface area contributed by atoms with Gasteiger partial charge in [-0.1, -0.05) is 29.8 Å². The van der Waals surface area contributed by atoms with Gasteiger partial charge in [0.05, 0.1) is 28.4 Å². The second-order valence-electron chi connectivity index (χ2n) is 11.3. The molecular weight excluding hydrogens is 618 g/mol. The van der Waals surface area contributed by atoms with Crippen molar-refractivity contribution in [2.24, 2.45) is 0 Å². The Labute approximate surface area is 260 Å². The fourth-order valence-corrected chi connectivity index (χ4v) is 5.01. The largest absolute Gasteiger partial charge is 0.416 e. The molecule has 1 saturated heterocycles. The van der Waals surface area contributed by atoms with E-state index in [4.69, 9.17) is 21.2 Å². The topological polar surface area (TPSA) is 89.8 Å². The number of hydrogen-bond donors (Lipinski definition) is 0. The molecule has 2 atom stereocenters. The molecule has 1 aliphatic rings. The number of nitrogens with zero attached hydrogens (tertiary/aromatic N) is 5. The molecule has 4 aromatic rings. The highest BCUT2D eigenvalue weighted by molar-refractivity contribution is 6.30. The first-order valence-corrected chi connectivity index (χ1v) is 14.1. The van der Waals surface area contributed by atoms with Gasteiger partial charge in [0, 0.05) is 23.8 Å². The molecule has 45 heavy (non-hydrogen) atoms. The summed E-state index contributed by atoms with van der Waals surface area (Å²) >= 11 is 6.06. The summed E-state index contributed by atoms with van der Waals surface area (Å²) in [6, 6.07) is 10.0. The van der Waals surface area contributed by atoms with Gasteiger partial charge in [-0.15, -0.1) is 5.06 Å². The van der Waals surface area contributed by atoms with Crippen LogP contribution in [-0.4, -0.2) is 49.8 Å². The number of aryl methyl sites for hydroxylation is 1. The van der Waals surface area contributed by atoms with Gasteiger partial charge >= 0.3 is 18.2 Å². The number of amides is 2. The van der Waals surface area contributed by atoms with E-state index in [1.165, 1.54) is 48.1 Å². The molecule has 14 heteroatoms. The van der Waals surface area contributed by atoms with E-state index in [0.717, 1.165) is 28.2 Å². The Morgan fingerprint density at radius 3 is 2.40 bits per heavy atom. The summed E-state index contributed by atoms with van der Waals surface area (Å²) in [5, 5.41) is 0.590. The number of aromatic nitrogens is 3. The first kappa shape index (κ1) is 31.9. The molecule has 2 aromatic carbocycles. The lowest BCUT2D eigenvalue weighted by atomic mass is 10.1. The smallest absolute Gasteiger partial charge is 0.373 e. The zero-order valence-corrected chi connectivity index (χ0v) is 25.3. The molecular formula is C31H28ClF4N5O4. The van der Waals surface area contributed by atoms with Crippen molar-refractivity contribution in [2.75, 3.05) is 11.5 Å². The highest BCUT2D eigenvalue weighted by Crippen LogP contribution is 2.41. The van der Waals surface area contributed by atoms with Crippen LogP contribution in [0.25, 0.3) is 5.69 Å². The Morgan fingerprint density at radius 1 is 1.04 bits per heavy atom. The van der Waals surface area contributed by atoms with Crippen LogP contribution in [0.3, 0.4) is 0 Å². The second-order valence-corrected chi connectivity index (χ2v) is 11.7. The molecule has 0 aliphatic carbocycles. The van der Waals surface area contributed by atoms with Gasteiger partial charge in [0.1, 0.15) is 29.5 Å². The zero-order chi connectivity index (χ0) is 32.7. The van der Waals surface area contributed by atoms with E-state index in [-0.39, 0.29) is 34.5 Å². The van der Waals surface area contributed by atoms with Crippen molar-refractivity contribution in [2.45, 2.75) is 51.6 Å². The van der Waals surface area contributed by atoms with Gasteiger partial charge in [-0.25, -0.2) is 23.9 Å². The van der Waals surface area contributed by atoms with Gasteiger partial charge in [-0.2, -0.15) is 13.2 Å². The second kappa shape index (κ2) is 12.1. The average Bonchev–Trinajstić information content (AvgIpc) is 3.55. The van der Waals surface area contributed by atoms with Gasteiger partial charge < -0.3 is 14.1 Å². The Morgan fingerprint density at radius 2 is 1.76 bits per heavy atom. The van der Waals surface area contributed by atoms with Crippen molar-refractivity contribution in [1.82, 2.24) is 19.6 Å². The minimum atomic E-state index is -4.75. The molecule has 0 bridgehead atoms. The number of benzene rings is 2. The number of urea groups is 1. The van der Waals surface area contributed by atoms with E-state index >= 15 is 0 Å². The quantitative estimate of drug-likeness (QED) is 0.196. The lowest BCUT2D eigenvalue weighted by Gasteiger charge is -2.29. The number of hydrogen-bond acceptors (Lipinski definition) is 6. The predicted molar refractivity (Wildman–Crippen MR) is 156 cm³/mol. The molecule has 2 aromatic heterocycles. The van der Waals surface area contributed by atoms with E-state index in [2.05, 4.69) is 9.97 Å². The summed E-state index contributed by atoms with van der Waals surface area (Å²) in [5.41, 5.74) is -1.30. The van der Waals surface area contributed by atoms with E-state index in [9.17, 15) is 27.2 Å². The van der Waals surface area contributed by atoms with Crippen molar-refractivity contribution in [3.8, 4) is 5.69 Å². The lowest BCUT2D eigenvalue weighted by molar-refractivity contribution is -0.137. The Bertz CT molecular complexity index is 1730. The third-order valence-electron chi connectivity index (χ3n) is 6.85. The molecule has 0 unspecified atom stereocenters. The van der Waals surface area contributed by atoms with Gasteiger partial charge in [0.25, 0.3) is 0 Å². The molecule has 1 aliphatic heterocycles. The Hall–Kier alpha value is -4.49. The first-order valence-electron chi connectivity index (χ1n) is 13.7. The van der Waals surface area contributed by atoms with E-state index in [0.29, 0.717) is 5.69 Å². The third kappa shape index (κ3) is 6.79. The predicted octanol–water partition coefficient (Wildman–Crippen LogP) is 7.33. The minimum absolute atomic E-state index is 0.0118. The SMILES string of the molecule is Cc1cc(C(F)(F)F)cc(N2C(=O)N(OC(=O)c3ccccc3)[C@H](COC(C)(C)C)[C@H]2c2nccn2-c2ccc(F)c(Cl)c2)n1. The maximum Gasteiger partial charge on any atom is 0.416 e. The van der Waals surface area contributed by atoms with E-state index in [1.807, 2.05) is 0 Å². The maximum absolute atomic E-state index is 14.2. The van der Waals surface area contributed by atoms with Crippen LogP contribution in [0.5, 0.6) is 0 Å². The summed E-state index contributed by atoms with van der Waals surface area (Å²) in [6.07, 6.45) is -1.83. The number of carbonyl (C=O) groups is 2. The molecule has 9 nitrogen and oxygen atoms in total. The summed E-state index contributed by atoms with van der Waals surface area (Å²) in [5.74, 6) is -1.78. The van der Waals surface area contributed by atoms with Crippen LogP contribution in [0.15, 0.2) is 73.1 Å². The standard InChI is InChI=1S/C31H28ClF4N5O4/c1-18-14-20(31(34,35)36)15-25(38-18)40-26(27-37-12-13-39(27)21-10-11-23(33)22(32)16-21)24(17-44-30(2,3)4)41(29(40)43)45-28(42)19-8-6-5-7-9-19/h5-16,24,26H,17H2,1-4H3/t24-,26+/m1/s1. The number of imidazole rings is 1. The Balaban J connectivity index is 1.70. The lowest BCUT2D eigenvalue weighted by Crippen LogP contribution is -2.41. The van der Waals surface area contributed by atoms with Crippen molar-refractivity contribution < 1.29 is 36.7 Å². The van der Waals surface area contributed by atoms with Gasteiger partial charge in [-0.05, 0) is 70.2 Å². The maximum atomic E-state index is 14.2. The van der Waals surface area contributed by atoms with Gasteiger partial charge in [0.15, 0.2) is 0 Å². The van der Waals surface area contributed by atoms with Crippen LogP contribution in [0.4, 0.5) is 28.2 Å². The number of ether oxygens (including phenoxy) is 1. The number of pyridine rings is 1. The number of halogens is 5. The van der Waals surface area contributed by atoms with Crippen LogP contribution in [0, 0.1) is 12.7 Å². The summed E-state index contributed by atoms with van der Waals surface area (Å²) in [7, 11) is 0. The van der Waals surface area contributed by atoms with E-state index in [1.54, 1.807) is 39.0 Å². The minimum Gasteiger partial charge on any atom is -0.373 e. The Kier molecular flexibility index (Phi) is 8.60. The first-order chi connectivity index (χ1) is 21.1. The molecule has 1 fully saturated rings. The molecule has 5 rings (SSSR count). The molecule has 0 radical (unpaired) electrons. The van der Waals surface area contributed by atoms with Crippen molar-refractivity contribution in [3.63, 3.8) is 0 Å². The van der Waals surface area contributed by atoms with Crippen LogP contribution in [0.1, 0.15) is 54.3 Å². The van der Waals surface area contributed by atoms with Gasteiger partial charge in [0.2, 0.25) is 0 Å². The fraction of sp³-hybridized carbons (Fsp3) is 0.290. The summed E-state index contributed by atoms with van der Waals surface area (Å²) < 4.78 is 63.4. The summed E-state index contributed by atoms with van der Waals surface area (Å²) in [6.45, 7) is 6.46. The van der Waals surface area contributed by atoms with Crippen LogP contribution >= 0.6 is 11.6 Å². The number of carbonyl (C=O) groups excluding carboxylic acids is 2. The van der Waals surface area contributed by atoms with Crippen LogP contribution in [0.2, 0.25) is 5.02 Å². The van der Waals surface area contributed by atoms with Crippen LogP contribution in [-0.2, 0) is 15.8 Å². The number of anilines is 1. The number of alkyl halides is 3. The van der Waals surface area contributed by atoms with Crippen molar-refractivity contribution >= 4 is 29.4 Å². The normalized spacial score (nSPS) is 17.2. The third-order valence-corrected chi connectivity index (χ3v) is 7.14. The van der Waals surface area contributed by atoms with Gasteiger partial charge in [-0.3, -0.25) is 4.90 Å². The molecule has 2 amide bonds. The monoisotopic (exact) mass is 645 g/mol. The number of hydroxylamine groups is 2. The van der Waals surface area contributed by atoms with Crippen molar-refractivity contribution in [3.05, 3.63) is 107 Å². The molecule has 236 valence electrons. The zero-order valence-electron chi connectivity index (χ0n) is 24.5. The fourth-order valence-electron chi connectivity index (χ4n) is 4.84. The van der Waals surface area contributed by atoms with Crippen LogP contribution < -0.4 is 4.90 Å².